The summed E-state index contributed by atoms with van der Waals surface area (Å²) in [7, 11) is 1.33. The van der Waals surface area contributed by atoms with Crippen LogP contribution in [0.15, 0.2) is 54.6 Å². The fraction of sp³-hybridized carbons (Fsp3) is 0.105. The molecule has 5 nitrogen and oxygen atoms in total. The van der Waals surface area contributed by atoms with Crippen LogP contribution in [0.1, 0.15) is 20.8 Å². The van der Waals surface area contributed by atoms with E-state index in [0.717, 1.165) is 11.5 Å². The molecule has 1 heterocycles. The van der Waals surface area contributed by atoms with Gasteiger partial charge in [0, 0.05) is 10.9 Å². The van der Waals surface area contributed by atoms with E-state index in [4.69, 9.17) is 9.47 Å². The lowest BCUT2D eigenvalue weighted by molar-refractivity contribution is 0.0469. The van der Waals surface area contributed by atoms with Gasteiger partial charge < -0.3 is 9.47 Å². The standard InChI is InChI=1S/C19H14FNO4/c1-24-18-9-7-13(10-14(18)20)17(22)11-25-19(23)16-8-6-12-4-2-3-5-15(12)21-16/h2-10H,11H2,1H3. The molecule has 0 aliphatic rings. The summed E-state index contributed by atoms with van der Waals surface area (Å²) in [4.78, 5) is 28.3. The highest BCUT2D eigenvalue weighted by atomic mass is 19.1. The minimum Gasteiger partial charge on any atom is -0.494 e. The monoisotopic (exact) mass is 339 g/mol. The Kier molecular flexibility index (Phi) is 4.70. The Balaban J connectivity index is 1.68. The number of hydrogen-bond donors (Lipinski definition) is 0. The summed E-state index contributed by atoms with van der Waals surface area (Å²) in [6, 6.07) is 14.4. The van der Waals surface area contributed by atoms with E-state index in [1.807, 2.05) is 18.2 Å². The molecular weight excluding hydrogens is 325 g/mol. The number of benzene rings is 2. The van der Waals surface area contributed by atoms with E-state index in [9.17, 15) is 14.0 Å². The zero-order chi connectivity index (χ0) is 17.8. The lowest BCUT2D eigenvalue weighted by atomic mass is 10.1. The Morgan fingerprint density at radius 2 is 1.88 bits per heavy atom. The Morgan fingerprint density at radius 3 is 2.64 bits per heavy atom. The predicted octanol–water partition coefficient (Wildman–Crippen LogP) is 3.42. The number of esters is 1. The summed E-state index contributed by atoms with van der Waals surface area (Å²) >= 11 is 0. The quantitative estimate of drug-likeness (QED) is 0.526. The third-order valence-electron chi connectivity index (χ3n) is 3.62. The third-order valence-corrected chi connectivity index (χ3v) is 3.62. The van der Waals surface area contributed by atoms with Crippen molar-refractivity contribution in [3.8, 4) is 5.75 Å². The summed E-state index contributed by atoms with van der Waals surface area (Å²) in [5.74, 6) is -1.85. The van der Waals surface area contributed by atoms with Crippen LogP contribution in [0, 0.1) is 5.82 Å². The summed E-state index contributed by atoms with van der Waals surface area (Å²) < 4.78 is 23.4. The van der Waals surface area contributed by atoms with Crippen molar-refractivity contribution in [2.75, 3.05) is 13.7 Å². The minimum atomic E-state index is -0.715. The highest BCUT2D eigenvalue weighted by Crippen LogP contribution is 2.18. The molecule has 126 valence electrons. The molecule has 25 heavy (non-hydrogen) atoms. The molecule has 0 fully saturated rings. The lowest BCUT2D eigenvalue weighted by Gasteiger charge is -2.06. The maximum absolute atomic E-state index is 13.6. The van der Waals surface area contributed by atoms with Crippen LogP contribution in [0.4, 0.5) is 4.39 Å². The summed E-state index contributed by atoms with van der Waals surface area (Å²) in [6.07, 6.45) is 0. The Hall–Kier alpha value is -3.28. The summed E-state index contributed by atoms with van der Waals surface area (Å²) in [5, 5.41) is 0.892. The average molecular weight is 339 g/mol. The first-order valence-electron chi connectivity index (χ1n) is 7.48. The number of fused-ring (bicyclic) bond motifs is 1. The van der Waals surface area contributed by atoms with Crippen molar-refractivity contribution in [2.45, 2.75) is 0 Å². The van der Waals surface area contributed by atoms with Crippen LogP contribution in [0.2, 0.25) is 0 Å². The smallest absolute Gasteiger partial charge is 0.357 e. The van der Waals surface area contributed by atoms with Gasteiger partial charge in [0.2, 0.25) is 0 Å². The van der Waals surface area contributed by atoms with Crippen LogP contribution >= 0.6 is 0 Å². The Labute approximate surface area is 143 Å². The number of carbonyl (C=O) groups is 2. The molecule has 6 heteroatoms. The first-order valence-corrected chi connectivity index (χ1v) is 7.48. The second-order valence-corrected chi connectivity index (χ2v) is 5.24. The molecule has 1 aromatic heterocycles. The Bertz CT molecular complexity index is 955. The van der Waals surface area contributed by atoms with E-state index in [1.165, 1.54) is 25.3 Å². The largest absolute Gasteiger partial charge is 0.494 e. The minimum absolute atomic E-state index is 0.0360. The molecule has 3 aromatic rings. The van der Waals surface area contributed by atoms with Crippen molar-refractivity contribution in [3.63, 3.8) is 0 Å². The van der Waals surface area contributed by atoms with Gasteiger partial charge in [-0.1, -0.05) is 24.3 Å². The maximum Gasteiger partial charge on any atom is 0.357 e. The number of methoxy groups -OCH3 is 1. The van der Waals surface area contributed by atoms with Crippen molar-refractivity contribution >= 4 is 22.7 Å². The number of ketones is 1. The van der Waals surface area contributed by atoms with Crippen molar-refractivity contribution in [1.29, 1.82) is 0 Å². The highest BCUT2D eigenvalue weighted by molar-refractivity contribution is 5.99. The number of aromatic nitrogens is 1. The van der Waals surface area contributed by atoms with E-state index in [-0.39, 0.29) is 17.0 Å². The first-order chi connectivity index (χ1) is 12.1. The van der Waals surface area contributed by atoms with Gasteiger partial charge in [-0.25, -0.2) is 14.2 Å². The van der Waals surface area contributed by atoms with Gasteiger partial charge in [0.05, 0.1) is 12.6 Å². The fourth-order valence-corrected chi connectivity index (χ4v) is 2.31. The van der Waals surface area contributed by atoms with E-state index in [0.29, 0.717) is 5.52 Å². The molecule has 0 saturated carbocycles. The van der Waals surface area contributed by atoms with Gasteiger partial charge in [0.1, 0.15) is 5.69 Å². The topological polar surface area (TPSA) is 65.5 Å². The molecule has 0 bridgehead atoms. The molecule has 0 saturated heterocycles. The third kappa shape index (κ3) is 3.63. The molecule has 0 N–H and O–H groups in total. The normalized spacial score (nSPS) is 10.5. The first kappa shape index (κ1) is 16.6. The lowest BCUT2D eigenvalue weighted by Crippen LogP contribution is -2.15. The number of nitrogens with zero attached hydrogens (tertiary/aromatic N) is 1. The molecular formula is C19H14FNO4. The van der Waals surface area contributed by atoms with Gasteiger partial charge in [-0.15, -0.1) is 0 Å². The van der Waals surface area contributed by atoms with Gasteiger partial charge in [-0.2, -0.15) is 0 Å². The number of ether oxygens (including phenoxy) is 2. The van der Waals surface area contributed by atoms with Crippen LogP contribution in [-0.2, 0) is 4.74 Å². The number of hydrogen-bond acceptors (Lipinski definition) is 5. The summed E-state index contributed by atoms with van der Waals surface area (Å²) in [5.41, 5.74) is 0.852. The molecule has 0 amide bonds. The number of pyridine rings is 1. The molecule has 3 rings (SSSR count). The molecule has 0 spiro atoms. The van der Waals surface area contributed by atoms with Crippen LogP contribution < -0.4 is 4.74 Å². The van der Waals surface area contributed by atoms with E-state index < -0.39 is 24.2 Å². The molecule has 0 unspecified atom stereocenters. The van der Waals surface area contributed by atoms with Crippen molar-refractivity contribution in [3.05, 3.63) is 71.7 Å². The zero-order valence-corrected chi connectivity index (χ0v) is 13.4. The van der Waals surface area contributed by atoms with Gasteiger partial charge in [0.15, 0.2) is 24.0 Å². The van der Waals surface area contributed by atoms with Crippen LogP contribution in [-0.4, -0.2) is 30.5 Å². The second-order valence-electron chi connectivity index (χ2n) is 5.24. The van der Waals surface area contributed by atoms with Gasteiger partial charge >= 0.3 is 5.97 Å². The van der Waals surface area contributed by atoms with Gasteiger partial charge in [-0.3, -0.25) is 4.79 Å². The summed E-state index contributed by atoms with van der Waals surface area (Å²) in [6.45, 7) is -0.501. The zero-order valence-electron chi connectivity index (χ0n) is 13.4. The SMILES string of the molecule is COc1ccc(C(=O)COC(=O)c2ccc3ccccc3n2)cc1F. The number of halogens is 1. The van der Waals surface area contributed by atoms with E-state index in [2.05, 4.69) is 4.98 Å². The van der Waals surface area contributed by atoms with E-state index in [1.54, 1.807) is 12.1 Å². The van der Waals surface area contributed by atoms with Crippen LogP contribution in [0.3, 0.4) is 0 Å². The van der Waals surface area contributed by atoms with E-state index >= 15 is 0 Å². The van der Waals surface area contributed by atoms with Gasteiger partial charge in [-0.05, 0) is 30.3 Å². The van der Waals surface area contributed by atoms with Crippen molar-refractivity contribution < 1.29 is 23.5 Å². The van der Waals surface area contributed by atoms with Crippen LogP contribution in [0.5, 0.6) is 5.75 Å². The molecule has 0 aliphatic heterocycles. The predicted molar refractivity (Wildman–Crippen MR) is 89.3 cm³/mol. The maximum atomic E-state index is 13.6. The van der Waals surface area contributed by atoms with Crippen molar-refractivity contribution in [2.24, 2.45) is 0 Å². The second kappa shape index (κ2) is 7.09. The number of rotatable bonds is 5. The molecule has 2 aromatic carbocycles. The molecule has 0 radical (unpaired) electrons. The average Bonchev–Trinajstić information content (AvgIpc) is 2.65. The van der Waals surface area contributed by atoms with Crippen LogP contribution in [0.25, 0.3) is 10.9 Å². The van der Waals surface area contributed by atoms with Gasteiger partial charge in [0.25, 0.3) is 0 Å². The number of carbonyl (C=O) groups excluding carboxylic acids is 2. The fourth-order valence-electron chi connectivity index (χ4n) is 2.31. The number of para-hydroxylation sites is 1. The Morgan fingerprint density at radius 1 is 1.08 bits per heavy atom. The number of Topliss-reactive ketones (excluding diaryl/α,β-unsaturated/α-hetero) is 1. The highest BCUT2D eigenvalue weighted by Gasteiger charge is 2.15. The molecule has 0 atom stereocenters. The van der Waals surface area contributed by atoms with Crippen molar-refractivity contribution in [1.82, 2.24) is 4.98 Å². The molecule has 0 aliphatic carbocycles.